The number of urea groups is 2. The summed E-state index contributed by atoms with van der Waals surface area (Å²) in [6, 6.07) is 1.99. The van der Waals surface area contributed by atoms with E-state index in [0.717, 1.165) is 30.0 Å². The fourth-order valence-electron chi connectivity index (χ4n) is 1.85. The lowest BCUT2D eigenvalue weighted by Crippen LogP contribution is -2.45. The minimum absolute atomic E-state index is 0.460. The summed E-state index contributed by atoms with van der Waals surface area (Å²) in [4.78, 5) is 23.4. The van der Waals surface area contributed by atoms with Crippen molar-refractivity contribution < 1.29 is 18.0 Å². The lowest BCUT2D eigenvalue weighted by Gasteiger charge is -2.16. The van der Waals surface area contributed by atoms with E-state index in [9.17, 15) is 18.0 Å². The highest BCUT2D eigenvalue weighted by Gasteiger charge is 2.20. The minimum Gasteiger partial charge on any atom is -0.307 e. The van der Waals surface area contributed by atoms with E-state index >= 15 is 0 Å². The summed E-state index contributed by atoms with van der Waals surface area (Å²) in [5, 5.41) is 4.51. The molecule has 0 saturated heterocycles. The van der Waals surface area contributed by atoms with Gasteiger partial charge in [0, 0.05) is 12.7 Å². The van der Waals surface area contributed by atoms with Crippen LogP contribution in [0.1, 0.15) is 16.7 Å². The zero-order valence-electron chi connectivity index (χ0n) is 12.6. The number of carbonyl (C=O) groups is 2. The molecule has 4 amide bonds. The van der Waals surface area contributed by atoms with Gasteiger partial charge in [0.15, 0.2) is 0 Å². The van der Waals surface area contributed by atoms with Gasteiger partial charge in [0.25, 0.3) is 0 Å². The normalized spacial score (nSPS) is 10.9. The molecule has 0 aliphatic rings. The highest BCUT2D eigenvalue weighted by molar-refractivity contribution is 7.88. The summed E-state index contributed by atoms with van der Waals surface area (Å²) in [7, 11) is -2.63. The molecule has 0 aliphatic carbocycles. The molecule has 0 radical (unpaired) electrons. The number of nitrogens with one attached hydrogen (secondary N) is 2. The molecule has 1 aromatic rings. The average molecular weight is 313 g/mol. The molecule has 8 heteroatoms. The standard InChI is InChI=1S/C13H19N3O4S/c1-8-6-9(2)11(10(3)7-8)14-12(17)15-13(18)16(4)21(5,19)20/h6-7H,1-5H3,(H2,14,15,17,18). The van der Waals surface area contributed by atoms with Crippen LogP contribution in [0.2, 0.25) is 0 Å². The van der Waals surface area contributed by atoms with Crippen LogP contribution in [0.15, 0.2) is 12.1 Å². The molecule has 0 fully saturated rings. The third-order valence-corrected chi connectivity index (χ3v) is 4.08. The van der Waals surface area contributed by atoms with Crippen LogP contribution in [-0.4, -0.2) is 38.1 Å². The van der Waals surface area contributed by atoms with Crippen LogP contribution in [0.25, 0.3) is 0 Å². The molecule has 0 bridgehead atoms. The summed E-state index contributed by atoms with van der Waals surface area (Å²) in [6.45, 7) is 5.61. The van der Waals surface area contributed by atoms with E-state index < -0.39 is 22.1 Å². The van der Waals surface area contributed by atoms with Gasteiger partial charge in [-0.1, -0.05) is 17.7 Å². The summed E-state index contributed by atoms with van der Waals surface area (Å²) in [5.41, 5.74) is 3.36. The number of benzene rings is 1. The molecule has 1 rings (SSSR count). The van der Waals surface area contributed by atoms with Gasteiger partial charge in [-0.05, 0) is 31.9 Å². The van der Waals surface area contributed by atoms with Gasteiger partial charge < -0.3 is 5.32 Å². The second-order valence-electron chi connectivity index (χ2n) is 4.89. The van der Waals surface area contributed by atoms with E-state index in [2.05, 4.69) is 5.32 Å². The van der Waals surface area contributed by atoms with Gasteiger partial charge in [0.05, 0.1) is 6.26 Å². The van der Waals surface area contributed by atoms with Crippen molar-refractivity contribution in [2.75, 3.05) is 18.6 Å². The third kappa shape index (κ3) is 4.45. The van der Waals surface area contributed by atoms with Crippen molar-refractivity contribution in [3.63, 3.8) is 0 Å². The van der Waals surface area contributed by atoms with Crippen molar-refractivity contribution >= 4 is 27.8 Å². The third-order valence-electron chi connectivity index (χ3n) is 2.92. The lowest BCUT2D eigenvalue weighted by atomic mass is 10.1. The monoisotopic (exact) mass is 313 g/mol. The molecule has 0 spiro atoms. The minimum atomic E-state index is -3.70. The molecule has 0 heterocycles. The van der Waals surface area contributed by atoms with Crippen molar-refractivity contribution in [2.24, 2.45) is 0 Å². The highest BCUT2D eigenvalue weighted by atomic mass is 32.2. The Hall–Kier alpha value is -2.09. The van der Waals surface area contributed by atoms with Crippen molar-refractivity contribution in [1.29, 1.82) is 0 Å². The van der Waals surface area contributed by atoms with E-state index in [1.165, 1.54) is 0 Å². The van der Waals surface area contributed by atoms with Crippen LogP contribution < -0.4 is 10.6 Å². The molecule has 116 valence electrons. The maximum atomic E-state index is 11.8. The number of anilines is 1. The van der Waals surface area contributed by atoms with E-state index in [1.807, 2.05) is 38.2 Å². The number of hydrogen-bond acceptors (Lipinski definition) is 4. The van der Waals surface area contributed by atoms with Gasteiger partial charge in [-0.3, -0.25) is 5.32 Å². The first-order chi connectivity index (χ1) is 9.52. The Balaban J connectivity index is 2.82. The van der Waals surface area contributed by atoms with E-state index in [-0.39, 0.29) is 0 Å². The fourth-order valence-corrected chi connectivity index (χ4v) is 2.20. The number of aryl methyl sites for hydroxylation is 3. The summed E-state index contributed by atoms with van der Waals surface area (Å²) in [5.74, 6) is 0. The fraction of sp³-hybridized carbons (Fsp3) is 0.385. The van der Waals surface area contributed by atoms with Crippen LogP contribution in [0.4, 0.5) is 15.3 Å². The van der Waals surface area contributed by atoms with Crippen molar-refractivity contribution in [1.82, 2.24) is 9.62 Å². The molecule has 2 N–H and O–H groups in total. The Bertz CT molecular complexity index is 660. The van der Waals surface area contributed by atoms with Gasteiger partial charge in [-0.15, -0.1) is 0 Å². The van der Waals surface area contributed by atoms with Gasteiger partial charge in [0.1, 0.15) is 0 Å². The number of nitrogens with zero attached hydrogens (tertiary/aromatic N) is 1. The predicted octanol–water partition coefficient (Wildman–Crippen LogP) is 1.74. The average Bonchev–Trinajstić information content (AvgIpc) is 2.31. The molecule has 21 heavy (non-hydrogen) atoms. The maximum Gasteiger partial charge on any atom is 0.338 e. The van der Waals surface area contributed by atoms with Crippen molar-refractivity contribution in [3.8, 4) is 0 Å². The first kappa shape index (κ1) is 17.0. The number of amides is 4. The number of imide groups is 1. The molecule has 0 aliphatic heterocycles. The first-order valence-electron chi connectivity index (χ1n) is 6.16. The Morgan fingerprint density at radius 3 is 2.00 bits per heavy atom. The Morgan fingerprint density at radius 2 is 1.57 bits per heavy atom. The van der Waals surface area contributed by atoms with Crippen molar-refractivity contribution in [2.45, 2.75) is 20.8 Å². The van der Waals surface area contributed by atoms with Crippen LogP contribution in [0.5, 0.6) is 0 Å². The zero-order valence-corrected chi connectivity index (χ0v) is 13.5. The number of hydrogen-bond donors (Lipinski definition) is 2. The molecule has 0 unspecified atom stereocenters. The van der Waals surface area contributed by atoms with Crippen molar-refractivity contribution in [3.05, 3.63) is 28.8 Å². The topological polar surface area (TPSA) is 95.6 Å². The van der Waals surface area contributed by atoms with Crippen LogP contribution in [0.3, 0.4) is 0 Å². The van der Waals surface area contributed by atoms with E-state index in [0.29, 0.717) is 9.99 Å². The number of sulfonamides is 1. The number of rotatable bonds is 2. The summed E-state index contributed by atoms with van der Waals surface area (Å²) < 4.78 is 22.8. The van der Waals surface area contributed by atoms with Gasteiger partial charge in [0.2, 0.25) is 10.0 Å². The van der Waals surface area contributed by atoms with Gasteiger partial charge >= 0.3 is 12.1 Å². The first-order valence-corrected chi connectivity index (χ1v) is 8.01. The maximum absolute atomic E-state index is 11.8. The van der Waals surface area contributed by atoms with E-state index in [4.69, 9.17) is 0 Å². The zero-order chi connectivity index (χ0) is 16.4. The van der Waals surface area contributed by atoms with Gasteiger partial charge in [-0.25, -0.2) is 22.3 Å². The van der Waals surface area contributed by atoms with Crippen LogP contribution >= 0.6 is 0 Å². The largest absolute Gasteiger partial charge is 0.338 e. The van der Waals surface area contributed by atoms with Crippen LogP contribution in [0, 0.1) is 20.8 Å². The smallest absolute Gasteiger partial charge is 0.307 e. The molecule has 0 atom stereocenters. The lowest BCUT2D eigenvalue weighted by molar-refractivity contribution is 0.223. The SMILES string of the molecule is Cc1cc(C)c(NC(=O)NC(=O)N(C)S(C)(=O)=O)c(C)c1. The molecular weight excluding hydrogens is 294 g/mol. The Labute approximate surface area is 124 Å². The highest BCUT2D eigenvalue weighted by Crippen LogP contribution is 2.21. The second kappa shape index (κ2) is 6.13. The van der Waals surface area contributed by atoms with E-state index in [1.54, 1.807) is 0 Å². The molecule has 1 aromatic carbocycles. The Kier molecular flexibility index (Phi) is 4.95. The summed E-state index contributed by atoms with van der Waals surface area (Å²) in [6.07, 6.45) is 0.874. The predicted molar refractivity (Wildman–Crippen MR) is 80.8 cm³/mol. The van der Waals surface area contributed by atoms with Crippen LogP contribution in [-0.2, 0) is 10.0 Å². The summed E-state index contributed by atoms with van der Waals surface area (Å²) >= 11 is 0. The number of carbonyl (C=O) groups excluding carboxylic acids is 2. The molecule has 0 saturated carbocycles. The van der Waals surface area contributed by atoms with Gasteiger partial charge in [-0.2, -0.15) is 0 Å². The molecular formula is C13H19N3O4S. The second-order valence-corrected chi connectivity index (χ2v) is 6.90. The molecule has 7 nitrogen and oxygen atoms in total. The molecule has 0 aromatic heterocycles. The Morgan fingerprint density at radius 1 is 1.10 bits per heavy atom. The quantitative estimate of drug-likeness (QED) is 0.869.